The summed E-state index contributed by atoms with van der Waals surface area (Å²) in [5.74, 6) is 0.309. The van der Waals surface area contributed by atoms with Gasteiger partial charge in [0.25, 0.3) is 5.56 Å². The quantitative estimate of drug-likeness (QED) is 0.709. The third-order valence-electron chi connectivity index (χ3n) is 4.76. The van der Waals surface area contributed by atoms with Gasteiger partial charge in [-0.1, -0.05) is 25.4 Å². The maximum atomic E-state index is 12.9. The first-order valence-corrected chi connectivity index (χ1v) is 10.4. The number of rotatable bonds is 3. The Morgan fingerprint density at radius 3 is 2.45 bits per heavy atom. The van der Waals surface area contributed by atoms with Gasteiger partial charge < -0.3 is 14.5 Å². The molecule has 2 aromatic rings. The van der Waals surface area contributed by atoms with Crippen molar-refractivity contribution >= 4 is 29.0 Å². The van der Waals surface area contributed by atoms with Crippen LogP contribution in [0, 0.1) is 5.92 Å². The molecule has 1 saturated heterocycles. The third-order valence-corrected chi connectivity index (χ3v) is 5.07. The lowest BCUT2D eigenvalue weighted by atomic mass is 10.1. The fourth-order valence-corrected chi connectivity index (χ4v) is 3.62. The van der Waals surface area contributed by atoms with Crippen molar-refractivity contribution in [2.45, 2.75) is 46.6 Å². The molecular weight excluding hydrogens is 392 g/mol. The van der Waals surface area contributed by atoms with Gasteiger partial charge >= 0.3 is 6.09 Å². The Balaban J connectivity index is 1.79. The Hall–Kier alpha value is -2.28. The number of aromatic nitrogens is 2. The number of amides is 1. The predicted molar refractivity (Wildman–Crippen MR) is 115 cm³/mol. The lowest BCUT2D eigenvalue weighted by Gasteiger charge is -2.36. The van der Waals surface area contributed by atoms with Crippen LogP contribution in [0.1, 0.15) is 40.2 Å². The molecule has 0 N–H and O–H groups in total. The SMILES string of the molecule is CC(C)Cc1c(Cl)nc2ccc(N3CCN(C(=O)OC(C)(C)C)CC3)cn2c1=O. The van der Waals surface area contributed by atoms with Crippen LogP contribution in [0.2, 0.25) is 5.15 Å². The van der Waals surface area contributed by atoms with E-state index in [1.165, 1.54) is 0 Å². The van der Waals surface area contributed by atoms with Crippen molar-refractivity contribution < 1.29 is 9.53 Å². The first-order chi connectivity index (χ1) is 13.5. The molecule has 3 heterocycles. The molecule has 1 fully saturated rings. The first kappa shape index (κ1) is 21.4. The molecule has 0 atom stereocenters. The van der Waals surface area contributed by atoms with Crippen LogP contribution in [0.15, 0.2) is 23.1 Å². The number of pyridine rings is 1. The monoisotopic (exact) mass is 420 g/mol. The number of piperazine rings is 1. The first-order valence-electron chi connectivity index (χ1n) is 9.99. The number of anilines is 1. The molecule has 0 bridgehead atoms. The molecule has 2 aromatic heterocycles. The lowest BCUT2D eigenvalue weighted by molar-refractivity contribution is 0.0240. The number of carbonyl (C=O) groups excluding carboxylic acids is 1. The average Bonchev–Trinajstić information content (AvgIpc) is 2.63. The van der Waals surface area contributed by atoms with E-state index in [4.69, 9.17) is 16.3 Å². The van der Waals surface area contributed by atoms with E-state index in [0.717, 1.165) is 5.69 Å². The van der Waals surface area contributed by atoms with E-state index in [0.29, 0.717) is 49.7 Å². The highest BCUT2D eigenvalue weighted by atomic mass is 35.5. The highest BCUT2D eigenvalue weighted by Gasteiger charge is 2.26. The van der Waals surface area contributed by atoms with E-state index >= 15 is 0 Å². The molecule has 158 valence electrons. The van der Waals surface area contributed by atoms with E-state index in [9.17, 15) is 9.59 Å². The van der Waals surface area contributed by atoms with Crippen LogP contribution in [-0.4, -0.2) is 52.2 Å². The van der Waals surface area contributed by atoms with Crippen molar-refractivity contribution in [3.8, 4) is 0 Å². The van der Waals surface area contributed by atoms with Crippen LogP contribution < -0.4 is 10.5 Å². The van der Waals surface area contributed by atoms with Gasteiger partial charge in [-0.2, -0.15) is 0 Å². The number of nitrogens with zero attached hydrogens (tertiary/aromatic N) is 4. The number of halogens is 1. The van der Waals surface area contributed by atoms with Crippen LogP contribution in [-0.2, 0) is 11.2 Å². The molecule has 8 heteroatoms. The van der Waals surface area contributed by atoms with Crippen molar-refractivity contribution in [3.05, 3.63) is 39.4 Å². The summed E-state index contributed by atoms with van der Waals surface area (Å²) in [4.78, 5) is 33.5. The van der Waals surface area contributed by atoms with Crippen molar-refractivity contribution in [2.24, 2.45) is 5.92 Å². The van der Waals surface area contributed by atoms with E-state index < -0.39 is 5.60 Å². The Bertz CT molecular complexity index is 957. The van der Waals surface area contributed by atoms with Crippen molar-refractivity contribution in [1.29, 1.82) is 0 Å². The van der Waals surface area contributed by atoms with E-state index in [1.54, 1.807) is 9.30 Å². The smallest absolute Gasteiger partial charge is 0.410 e. The summed E-state index contributed by atoms with van der Waals surface area (Å²) >= 11 is 6.25. The number of fused-ring (bicyclic) bond motifs is 1. The minimum absolute atomic E-state index is 0.122. The summed E-state index contributed by atoms with van der Waals surface area (Å²) in [6.07, 6.45) is 2.12. The van der Waals surface area contributed by atoms with Crippen LogP contribution >= 0.6 is 11.6 Å². The van der Waals surface area contributed by atoms with Gasteiger partial charge in [0.2, 0.25) is 0 Å². The maximum absolute atomic E-state index is 12.9. The third kappa shape index (κ3) is 5.01. The van der Waals surface area contributed by atoms with E-state index in [2.05, 4.69) is 9.88 Å². The van der Waals surface area contributed by atoms with Crippen molar-refractivity contribution in [2.75, 3.05) is 31.1 Å². The Morgan fingerprint density at radius 2 is 1.86 bits per heavy atom. The van der Waals surface area contributed by atoms with E-state index in [-0.39, 0.29) is 16.8 Å². The van der Waals surface area contributed by atoms with Gasteiger partial charge in [0.15, 0.2) is 0 Å². The number of hydrogen-bond donors (Lipinski definition) is 0. The molecule has 0 spiro atoms. The standard InChI is InChI=1S/C21H29ClN4O3/c1-14(2)12-16-18(22)23-17-7-6-15(13-26(17)19(16)27)24-8-10-25(11-9-24)20(28)29-21(3,4)5/h6-7,13-14H,8-12H2,1-5H3. The molecule has 7 nitrogen and oxygen atoms in total. The van der Waals surface area contributed by atoms with Gasteiger partial charge in [0, 0.05) is 32.4 Å². The second-order valence-corrected chi connectivity index (χ2v) is 9.21. The van der Waals surface area contributed by atoms with Gasteiger partial charge in [-0.05, 0) is 45.2 Å². The average molecular weight is 421 g/mol. The molecule has 0 saturated carbocycles. The highest BCUT2D eigenvalue weighted by molar-refractivity contribution is 6.30. The predicted octanol–water partition coefficient (Wildman–Crippen LogP) is 3.60. The van der Waals surface area contributed by atoms with Gasteiger partial charge in [0.1, 0.15) is 16.4 Å². The zero-order chi connectivity index (χ0) is 21.3. The molecular formula is C21H29ClN4O3. The molecule has 1 aliphatic rings. The molecule has 29 heavy (non-hydrogen) atoms. The summed E-state index contributed by atoms with van der Waals surface area (Å²) in [6.45, 7) is 12.2. The second kappa shape index (κ2) is 8.22. The molecule has 3 rings (SSSR count). The Kier molecular flexibility index (Phi) is 6.08. The molecule has 0 unspecified atom stereocenters. The second-order valence-electron chi connectivity index (χ2n) is 8.85. The molecule has 0 aliphatic carbocycles. The minimum Gasteiger partial charge on any atom is -0.444 e. The van der Waals surface area contributed by atoms with Crippen LogP contribution in [0.4, 0.5) is 10.5 Å². The summed E-state index contributed by atoms with van der Waals surface area (Å²) in [7, 11) is 0. The topological polar surface area (TPSA) is 67.2 Å². The van der Waals surface area contributed by atoms with Crippen molar-refractivity contribution in [3.63, 3.8) is 0 Å². The van der Waals surface area contributed by atoms with Crippen LogP contribution in [0.5, 0.6) is 0 Å². The fourth-order valence-electron chi connectivity index (χ4n) is 3.38. The van der Waals surface area contributed by atoms with Gasteiger partial charge in [-0.25, -0.2) is 9.78 Å². The normalized spacial score (nSPS) is 15.3. The van der Waals surface area contributed by atoms with Crippen molar-refractivity contribution in [1.82, 2.24) is 14.3 Å². The number of ether oxygens (including phenoxy) is 1. The summed E-state index contributed by atoms with van der Waals surface area (Å²) < 4.78 is 7.02. The minimum atomic E-state index is -0.504. The zero-order valence-corrected chi connectivity index (χ0v) is 18.5. The molecule has 0 aromatic carbocycles. The Morgan fingerprint density at radius 1 is 1.21 bits per heavy atom. The fraction of sp³-hybridized carbons (Fsp3) is 0.571. The van der Waals surface area contributed by atoms with Gasteiger partial charge in [0.05, 0.1) is 11.3 Å². The molecule has 1 amide bonds. The number of hydrogen-bond acceptors (Lipinski definition) is 5. The maximum Gasteiger partial charge on any atom is 0.410 e. The highest BCUT2D eigenvalue weighted by Crippen LogP contribution is 2.20. The van der Waals surface area contributed by atoms with Crippen LogP contribution in [0.3, 0.4) is 0 Å². The molecule has 1 aliphatic heterocycles. The zero-order valence-electron chi connectivity index (χ0n) is 17.7. The van der Waals surface area contributed by atoms with Gasteiger partial charge in [-0.15, -0.1) is 0 Å². The number of carbonyl (C=O) groups is 1. The Labute approximate surface area is 176 Å². The largest absolute Gasteiger partial charge is 0.444 e. The summed E-state index contributed by atoms with van der Waals surface area (Å²) in [5, 5.41) is 0.280. The van der Waals surface area contributed by atoms with E-state index in [1.807, 2.05) is 52.9 Å². The van der Waals surface area contributed by atoms with Gasteiger partial charge in [-0.3, -0.25) is 9.20 Å². The summed E-state index contributed by atoms with van der Waals surface area (Å²) in [5.41, 5.74) is 1.37. The lowest BCUT2D eigenvalue weighted by Crippen LogP contribution is -2.50. The van der Waals surface area contributed by atoms with Crippen LogP contribution in [0.25, 0.3) is 5.65 Å². The summed E-state index contributed by atoms with van der Waals surface area (Å²) in [6, 6.07) is 3.74. The molecule has 0 radical (unpaired) electrons.